The lowest BCUT2D eigenvalue weighted by atomic mass is 9.83. The number of para-hydroxylation sites is 1. The van der Waals surface area contributed by atoms with Gasteiger partial charge in [0.25, 0.3) is 11.8 Å². The van der Waals surface area contributed by atoms with Crippen molar-refractivity contribution in [1.29, 1.82) is 0 Å². The Bertz CT molecular complexity index is 1950. The van der Waals surface area contributed by atoms with E-state index in [0.717, 1.165) is 28.3 Å². The van der Waals surface area contributed by atoms with Gasteiger partial charge >= 0.3 is 0 Å². The van der Waals surface area contributed by atoms with Crippen LogP contribution in [0.4, 0.5) is 10.1 Å². The van der Waals surface area contributed by atoms with E-state index in [1.165, 1.54) is 17.0 Å². The summed E-state index contributed by atoms with van der Waals surface area (Å²) in [6.45, 7) is 4.26. The molecule has 2 aliphatic heterocycles. The Labute approximate surface area is 235 Å². The van der Waals surface area contributed by atoms with Crippen molar-refractivity contribution < 1.29 is 18.4 Å². The third kappa shape index (κ3) is 3.58. The molecule has 1 unspecified atom stereocenters. The number of fused-ring (bicyclic) bond motifs is 5. The zero-order chi connectivity index (χ0) is 28.5. The van der Waals surface area contributed by atoms with Gasteiger partial charge in [-0.25, -0.2) is 4.39 Å². The maximum atomic E-state index is 14.9. The van der Waals surface area contributed by atoms with Crippen molar-refractivity contribution in [3.8, 4) is 0 Å². The lowest BCUT2D eigenvalue weighted by Crippen LogP contribution is -2.52. The second kappa shape index (κ2) is 8.99. The molecular formula is C34H25FN2O4. The first kappa shape index (κ1) is 25.0. The van der Waals surface area contributed by atoms with Crippen LogP contribution in [-0.2, 0) is 23.4 Å². The minimum Gasteiger partial charge on any atom is -0.450 e. The maximum Gasteiger partial charge on any atom is 0.291 e. The van der Waals surface area contributed by atoms with Crippen LogP contribution in [0.5, 0.6) is 0 Å². The summed E-state index contributed by atoms with van der Waals surface area (Å²) >= 11 is 0. The number of hydrogen-bond donors (Lipinski definition) is 0. The van der Waals surface area contributed by atoms with Gasteiger partial charge in [-0.3, -0.25) is 14.4 Å². The average Bonchev–Trinajstić information content (AvgIpc) is 3.36. The van der Waals surface area contributed by atoms with Crippen molar-refractivity contribution in [2.45, 2.75) is 32.5 Å². The van der Waals surface area contributed by atoms with Crippen LogP contribution in [0, 0.1) is 19.7 Å². The Morgan fingerprint density at radius 2 is 1.41 bits per heavy atom. The van der Waals surface area contributed by atoms with Crippen LogP contribution in [0.25, 0.3) is 11.0 Å². The second-order valence-electron chi connectivity index (χ2n) is 10.8. The first-order chi connectivity index (χ1) is 19.8. The van der Waals surface area contributed by atoms with Crippen LogP contribution < -0.4 is 10.3 Å². The summed E-state index contributed by atoms with van der Waals surface area (Å²) in [5.41, 5.74) is 2.60. The molecule has 1 spiro atoms. The SMILES string of the molecule is Cc1ccc(CN2C(=O)C3(c4ccccc42)c2c(oc4ccc(F)cc4c2=O)C(=O)N3Cc2ccc(C)cc2)cc1. The minimum atomic E-state index is -1.78. The Hall–Kier alpha value is -5.04. The monoisotopic (exact) mass is 544 g/mol. The van der Waals surface area contributed by atoms with E-state index in [4.69, 9.17) is 4.42 Å². The van der Waals surface area contributed by atoms with Gasteiger partial charge < -0.3 is 14.2 Å². The van der Waals surface area contributed by atoms with E-state index in [0.29, 0.717) is 11.3 Å². The van der Waals surface area contributed by atoms with Crippen LogP contribution in [0.3, 0.4) is 0 Å². The van der Waals surface area contributed by atoms with E-state index < -0.39 is 28.6 Å². The van der Waals surface area contributed by atoms with Gasteiger partial charge in [0.2, 0.25) is 5.76 Å². The van der Waals surface area contributed by atoms with Gasteiger partial charge in [-0.2, -0.15) is 0 Å². The highest BCUT2D eigenvalue weighted by molar-refractivity contribution is 6.17. The third-order valence-electron chi connectivity index (χ3n) is 8.12. The van der Waals surface area contributed by atoms with Gasteiger partial charge in [-0.1, -0.05) is 77.9 Å². The molecule has 202 valence electrons. The molecule has 1 atom stereocenters. The fourth-order valence-corrected chi connectivity index (χ4v) is 6.09. The van der Waals surface area contributed by atoms with Gasteiger partial charge in [0.05, 0.1) is 23.2 Å². The van der Waals surface area contributed by atoms with Gasteiger partial charge in [0.1, 0.15) is 11.4 Å². The molecule has 6 nitrogen and oxygen atoms in total. The standard InChI is InChI=1S/C34H25FN2O4/c1-20-7-11-22(12-8-20)18-36-27-6-4-3-5-26(27)34(33(36)40)29-30(38)25-17-24(35)15-16-28(25)41-31(29)32(39)37(34)19-23-13-9-21(2)10-14-23/h3-17H,18-19H2,1-2H3. The Morgan fingerprint density at radius 1 is 0.780 bits per heavy atom. The predicted molar refractivity (Wildman–Crippen MR) is 153 cm³/mol. The zero-order valence-corrected chi connectivity index (χ0v) is 22.5. The number of hydrogen-bond acceptors (Lipinski definition) is 4. The summed E-state index contributed by atoms with van der Waals surface area (Å²) < 4.78 is 20.4. The molecule has 0 fully saturated rings. The fourth-order valence-electron chi connectivity index (χ4n) is 6.09. The first-order valence-electron chi connectivity index (χ1n) is 13.4. The van der Waals surface area contributed by atoms with E-state index in [2.05, 4.69) is 0 Å². The van der Waals surface area contributed by atoms with E-state index in [-0.39, 0.29) is 35.4 Å². The van der Waals surface area contributed by atoms with Gasteiger partial charge in [0, 0.05) is 12.1 Å². The molecule has 0 saturated heterocycles. The molecule has 0 radical (unpaired) electrons. The largest absolute Gasteiger partial charge is 0.450 e. The molecule has 41 heavy (non-hydrogen) atoms. The predicted octanol–water partition coefficient (Wildman–Crippen LogP) is 6.00. The first-order valence-corrected chi connectivity index (χ1v) is 13.4. The highest BCUT2D eigenvalue weighted by Gasteiger charge is 2.65. The van der Waals surface area contributed by atoms with Crippen molar-refractivity contribution in [3.05, 3.63) is 146 Å². The molecule has 0 aliphatic carbocycles. The summed E-state index contributed by atoms with van der Waals surface area (Å²) in [7, 11) is 0. The van der Waals surface area contributed by atoms with Crippen molar-refractivity contribution >= 4 is 28.5 Å². The van der Waals surface area contributed by atoms with Crippen LogP contribution in [-0.4, -0.2) is 16.7 Å². The Kier molecular flexibility index (Phi) is 5.47. The molecule has 2 amide bonds. The molecule has 0 saturated carbocycles. The van der Waals surface area contributed by atoms with Gasteiger partial charge in [0.15, 0.2) is 11.0 Å². The molecule has 0 bridgehead atoms. The topological polar surface area (TPSA) is 70.8 Å². The van der Waals surface area contributed by atoms with Gasteiger partial charge in [-0.15, -0.1) is 0 Å². The van der Waals surface area contributed by atoms with E-state index in [1.54, 1.807) is 17.0 Å². The number of carbonyl (C=O) groups is 2. The fraction of sp³-hybridized carbons (Fsp3) is 0.147. The smallest absolute Gasteiger partial charge is 0.291 e. The molecule has 4 aromatic carbocycles. The summed E-state index contributed by atoms with van der Waals surface area (Å²) in [6, 6.07) is 26.4. The van der Waals surface area contributed by atoms with Crippen LogP contribution in [0.2, 0.25) is 0 Å². The number of rotatable bonds is 4. The summed E-state index contributed by atoms with van der Waals surface area (Å²) in [5, 5.41) is -0.0182. The molecule has 1 aromatic heterocycles. The third-order valence-corrected chi connectivity index (χ3v) is 8.12. The molecule has 5 aromatic rings. The lowest BCUT2D eigenvalue weighted by Gasteiger charge is -2.34. The van der Waals surface area contributed by atoms with Crippen LogP contribution >= 0.6 is 0 Å². The number of aryl methyl sites for hydroxylation is 2. The van der Waals surface area contributed by atoms with Crippen molar-refractivity contribution in [2.24, 2.45) is 0 Å². The van der Waals surface area contributed by atoms with E-state index in [9.17, 15) is 18.8 Å². The normalized spacial score (nSPS) is 17.5. The molecule has 7 heteroatoms. The quantitative estimate of drug-likeness (QED) is 0.279. The van der Waals surface area contributed by atoms with E-state index >= 15 is 0 Å². The van der Waals surface area contributed by atoms with Gasteiger partial charge in [-0.05, 0) is 49.2 Å². The highest BCUT2D eigenvalue weighted by Crippen LogP contribution is 2.53. The Balaban J connectivity index is 1.50. The second-order valence-corrected chi connectivity index (χ2v) is 10.8. The summed E-state index contributed by atoms with van der Waals surface area (Å²) in [4.78, 5) is 46.3. The van der Waals surface area contributed by atoms with Crippen molar-refractivity contribution in [1.82, 2.24) is 4.90 Å². The number of nitrogens with zero attached hydrogens (tertiary/aromatic N) is 2. The summed E-state index contributed by atoms with van der Waals surface area (Å²) in [6.07, 6.45) is 0. The lowest BCUT2D eigenvalue weighted by molar-refractivity contribution is -0.126. The maximum absolute atomic E-state index is 14.9. The Morgan fingerprint density at radius 3 is 2.10 bits per heavy atom. The summed E-state index contributed by atoms with van der Waals surface area (Å²) in [5.74, 6) is -1.80. The van der Waals surface area contributed by atoms with Crippen molar-refractivity contribution in [2.75, 3.05) is 4.90 Å². The number of halogens is 1. The minimum absolute atomic E-state index is 0.0182. The van der Waals surface area contributed by atoms with Crippen LogP contribution in [0.1, 0.15) is 43.9 Å². The van der Waals surface area contributed by atoms with E-state index in [1.807, 2.05) is 74.5 Å². The average molecular weight is 545 g/mol. The molecule has 0 N–H and O–H groups in total. The molecule has 3 heterocycles. The zero-order valence-electron chi connectivity index (χ0n) is 22.5. The number of amides is 2. The number of benzene rings is 4. The highest BCUT2D eigenvalue weighted by atomic mass is 19.1. The number of carbonyl (C=O) groups excluding carboxylic acids is 2. The molecule has 2 aliphatic rings. The molecular weight excluding hydrogens is 519 g/mol. The van der Waals surface area contributed by atoms with Crippen LogP contribution in [0.15, 0.2) is 100 Å². The number of anilines is 1. The van der Waals surface area contributed by atoms with Crippen molar-refractivity contribution in [3.63, 3.8) is 0 Å². The molecule has 7 rings (SSSR count).